The first-order valence-electron chi connectivity index (χ1n) is 26.0. The second-order valence-corrected chi connectivity index (χ2v) is 21.0. The lowest BCUT2D eigenvalue weighted by atomic mass is 9.68. The van der Waals surface area contributed by atoms with Gasteiger partial charge in [0.05, 0.1) is 11.1 Å². The summed E-state index contributed by atoms with van der Waals surface area (Å²) in [6.45, 7) is 0. The van der Waals surface area contributed by atoms with Crippen LogP contribution < -0.4 is 4.90 Å². The van der Waals surface area contributed by atoms with E-state index >= 15 is 0 Å². The third-order valence-electron chi connectivity index (χ3n) is 15.8. The van der Waals surface area contributed by atoms with Gasteiger partial charge in [0.25, 0.3) is 0 Å². The summed E-state index contributed by atoms with van der Waals surface area (Å²) in [6.07, 6.45) is 0. The van der Waals surface area contributed by atoms with E-state index < -0.39 is 5.41 Å². The molecule has 0 N–H and O–H groups in total. The third kappa shape index (κ3) is 7.08. The Bertz CT molecular complexity index is 4450. The van der Waals surface area contributed by atoms with Gasteiger partial charge in [0, 0.05) is 47.9 Å². The predicted octanol–water partition coefficient (Wildman–Crippen LogP) is 20.5. The topological polar surface area (TPSA) is 16.4 Å². The molecule has 0 fully saturated rings. The van der Waals surface area contributed by atoms with Crippen LogP contribution in [0.2, 0.25) is 0 Å². The van der Waals surface area contributed by atoms with E-state index in [1.165, 1.54) is 86.9 Å². The Kier molecular flexibility index (Phi) is 10.3. The zero-order valence-electron chi connectivity index (χ0n) is 41.4. The number of thiophene rings is 1. The Hall–Kier alpha value is -9.54. The average molecular weight is 986 g/mol. The monoisotopic (exact) mass is 985 g/mol. The summed E-state index contributed by atoms with van der Waals surface area (Å²) in [7, 11) is 0. The molecular formula is C73H47NOS. The zero-order valence-corrected chi connectivity index (χ0v) is 42.2. The van der Waals surface area contributed by atoms with Gasteiger partial charge in [-0.3, -0.25) is 0 Å². The van der Waals surface area contributed by atoms with E-state index in [1.807, 2.05) is 23.5 Å². The molecule has 0 atom stereocenters. The highest BCUT2D eigenvalue weighted by atomic mass is 32.1. The Morgan fingerprint density at radius 3 is 1.49 bits per heavy atom. The summed E-state index contributed by atoms with van der Waals surface area (Å²) in [4.78, 5) is 2.46. The van der Waals surface area contributed by atoms with E-state index in [1.54, 1.807) is 0 Å². The minimum atomic E-state index is -0.528. The number of nitrogens with zero attached hydrogens (tertiary/aromatic N) is 1. The van der Waals surface area contributed by atoms with Crippen LogP contribution in [0.4, 0.5) is 17.1 Å². The molecule has 0 saturated heterocycles. The van der Waals surface area contributed by atoms with Gasteiger partial charge < -0.3 is 9.32 Å². The van der Waals surface area contributed by atoms with Gasteiger partial charge in [0.1, 0.15) is 11.2 Å². The fourth-order valence-corrected chi connectivity index (χ4v) is 13.3. The second-order valence-electron chi connectivity index (χ2n) is 19.9. The molecule has 0 spiro atoms. The number of benzene rings is 12. The predicted molar refractivity (Wildman–Crippen MR) is 320 cm³/mol. The number of fused-ring (bicyclic) bond motifs is 9. The fraction of sp³-hybridized carbons (Fsp3) is 0.0137. The van der Waals surface area contributed by atoms with Crippen molar-refractivity contribution in [1.82, 2.24) is 0 Å². The van der Waals surface area contributed by atoms with Gasteiger partial charge in [-0.05, 0) is 145 Å². The van der Waals surface area contributed by atoms with Crippen LogP contribution in [0.15, 0.2) is 290 Å². The van der Waals surface area contributed by atoms with E-state index in [0.29, 0.717) is 0 Å². The molecule has 3 heteroatoms. The van der Waals surface area contributed by atoms with Crippen molar-refractivity contribution in [3.63, 3.8) is 0 Å². The highest BCUT2D eigenvalue weighted by Gasteiger charge is 2.47. The number of rotatable bonds is 9. The van der Waals surface area contributed by atoms with Gasteiger partial charge in [0.2, 0.25) is 0 Å². The summed E-state index contributed by atoms with van der Waals surface area (Å²) in [5.41, 5.74) is 21.5. The van der Waals surface area contributed by atoms with E-state index in [0.717, 1.165) is 50.1 Å². The molecule has 0 saturated carbocycles. The van der Waals surface area contributed by atoms with E-state index in [2.05, 4.69) is 278 Å². The van der Waals surface area contributed by atoms with Crippen molar-refractivity contribution in [1.29, 1.82) is 0 Å². The van der Waals surface area contributed by atoms with Gasteiger partial charge in [-0.2, -0.15) is 0 Å². The summed E-state index contributed by atoms with van der Waals surface area (Å²) in [5.74, 6) is 0. The fourth-order valence-electron chi connectivity index (χ4n) is 12.2. The summed E-state index contributed by atoms with van der Waals surface area (Å²) < 4.78 is 8.78. The van der Waals surface area contributed by atoms with Gasteiger partial charge in [-0.25, -0.2) is 0 Å². The molecule has 0 unspecified atom stereocenters. The molecule has 0 amide bonds. The van der Waals surface area contributed by atoms with Gasteiger partial charge in [-0.1, -0.05) is 212 Å². The number of hydrogen-bond donors (Lipinski definition) is 0. The molecule has 1 aliphatic carbocycles. The van der Waals surface area contributed by atoms with Crippen LogP contribution in [0.3, 0.4) is 0 Å². The summed E-state index contributed by atoms with van der Waals surface area (Å²) in [6, 6.07) is 105. The maximum absolute atomic E-state index is 6.14. The molecule has 1 aliphatic rings. The standard InChI is InChI=1S/C73H47NOS/c1-3-17-56(18-4-1)73(57-19-5-2-6-20-57)65-24-10-7-23-62(65)72-66(73)25-14-26-67(72)74(58-39-33-49(34-40-58)48-29-31-50(32-30-48)54-37-43-69-63(46-54)60-21-8-11-27-68(60)75-69)59-41-35-51(36-42-59)52-15-13-16-53(45-52)55-38-44-71-64(47-55)61-22-9-12-28-70(61)76-71/h1-47H. The van der Waals surface area contributed by atoms with E-state index in [9.17, 15) is 0 Å². The lowest BCUT2D eigenvalue weighted by Gasteiger charge is -2.34. The lowest BCUT2D eigenvalue weighted by molar-refractivity contribution is 0.669. The number of furan rings is 1. The summed E-state index contributed by atoms with van der Waals surface area (Å²) in [5, 5.41) is 4.90. The van der Waals surface area contributed by atoms with Crippen molar-refractivity contribution in [2.45, 2.75) is 5.41 Å². The highest BCUT2D eigenvalue weighted by Crippen LogP contribution is 2.59. The quantitative estimate of drug-likeness (QED) is 0.143. The van der Waals surface area contributed by atoms with Crippen molar-refractivity contribution in [3.05, 3.63) is 307 Å². The van der Waals surface area contributed by atoms with Crippen LogP contribution in [0, 0.1) is 0 Å². The lowest BCUT2D eigenvalue weighted by Crippen LogP contribution is -2.28. The Morgan fingerprint density at radius 2 is 0.776 bits per heavy atom. The van der Waals surface area contributed by atoms with Crippen LogP contribution in [-0.2, 0) is 5.41 Å². The largest absolute Gasteiger partial charge is 0.456 e. The molecular weight excluding hydrogens is 939 g/mol. The molecule has 356 valence electrons. The van der Waals surface area contributed by atoms with Crippen LogP contribution in [0.25, 0.3) is 97.7 Å². The van der Waals surface area contributed by atoms with E-state index in [4.69, 9.17) is 4.42 Å². The normalized spacial score (nSPS) is 12.6. The summed E-state index contributed by atoms with van der Waals surface area (Å²) >= 11 is 1.86. The van der Waals surface area contributed by atoms with Crippen LogP contribution in [0.1, 0.15) is 22.3 Å². The van der Waals surface area contributed by atoms with Gasteiger partial charge in [0.15, 0.2) is 0 Å². The molecule has 15 rings (SSSR count). The van der Waals surface area contributed by atoms with Gasteiger partial charge in [-0.15, -0.1) is 11.3 Å². The molecule has 2 heterocycles. The molecule has 76 heavy (non-hydrogen) atoms. The van der Waals surface area contributed by atoms with Crippen LogP contribution in [-0.4, -0.2) is 0 Å². The van der Waals surface area contributed by atoms with Crippen molar-refractivity contribution in [3.8, 4) is 55.6 Å². The van der Waals surface area contributed by atoms with Crippen molar-refractivity contribution < 1.29 is 4.42 Å². The maximum atomic E-state index is 6.14. The number of para-hydroxylation sites is 1. The van der Waals surface area contributed by atoms with Crippen molar-refractivity contribution in [2.75, 3.05) is 4.90 Å². The molecule has 14 aromatic rings. The Balaban J connectivity index is 0.838. The molecule has 2 aromatic heterocycles. The molecule has 0 radical (unpaired) electrons. The Labute approximate surface area is 445 Å². The molecule has 0 aliphatic heterocycles. The first-order valence-corrected chi connectivity index (χ1v) is 26.9. The Morgan fingerprint density at radius 1 is 0.303 bits per heavy atom. The van der Waals surface area contributed by atoms with E-state index in [-0.39, 0.29) is 0 Å². The zero-order chi connectivity index (χ0) is 50.2. The SMILES string of the molecule is c1ccc(C2(c3ccccc3)c3ccccc3-c3c(N(c4ccc(-c5ccc(-c6ccc7oc8ccccc8c7c6)cc5)cc4)c4ccc(-c5cccc(-c6ccc7sc8ccccc8c7c6)c5)cc4)cccc32)cc1. The minimum Gasteiger partial charge on any atom is -0.456 e. The van der Waals surface area contributed by atoms with Crippen molar-refractivity contribution in [2.24, 2.45) is 0 Å². The van der Waals surface area contributed by atoms with Crippen LogP contribution >= 0.6 is 11.3 Å². The first kappa shape index (κ1) is 44.0. The maximum Gasteiger partial charge on any atom is 0.135 e. The number of anilines is 3. The molecule has 2 nitrogen and oxygen atoms in total. The smallest absolute Gasteiger partial charge is 0.135 e. The number of hydrogen-bond acceptors (Lipinski definition) is 3. The minimum absolute atomic E-state index is 0.528. The molecule has 0 bridgehead atoms. The van der Waals surface area contributed by atoms with Crippen LogP contribution in [0.5, 0.6) is 0 Å². The third-order valence-corrected chi connectivity index (χ3v) is 16.9. The van der Waals surface area contributed by atoms with Crippen molar-refractivity contribution >= 4 is 70.5 Å². The average Bonchev–Trinajstić information content (AvgIpc) is 4.22. The highest BCUT2D eigenvalue weighted by molar-refractivity contribution is 7.25. The molecule has 12 aromatic carbocycles. The first-order chi connectivity index (χ1) is 37.7. The second kappa shape index (κ2) is 17.8. The van der Waals surface area contributed by atoms with Gasteiger partial charge >= 0.3 is 0 Å².